The Morgan fingerprint density at radius 3 is 2.69 bits per heavy atom. The average Bonchev–Trinajstić information content (AvgIpc) is 2.99. The number of fused-ring (bicyclic) bond motifs is 5. The van der Waals surface area contributed by atoms with Crippen molar-refractivity contribution in [3.8, 4) is 0 Å². The van der Waals surface area contributed by atoms with Gasteiger partial charge in [-0.25, -0.2) is 0 Å². The van der Waals surface area contributed by atoms with Gasteiger partial charge in [0.25, 0.3) is 0 Å². The predicted octanol–water partition coefficient (Wildman–Crippen LogP) is 3.19. The largest absolute Gasteiger partial charge is 0.378 e. The van der Waals surface area contributed by atoms with Gasteiger partial charge in [0.05, 0.1) is 50.2 Å². The van der Waals surface area contributed by atoms with Crippen molar-refractivity contribution < 1.29 is 14.2 Å². The van der Waals surface area contributed by atoms with Crippen LogP contribution in [-0.2, 0) is 14.2 Å². The minimum absolute atomic E-state index is 0.0360. The number of ether oxygens (including phenoxy) is 3. The van der Waals surface area contributed by atoms with Crippen LogP contribution in [0, 0.1) is 11.8 Å². The first-order chi connectivity index (χ1) is 14.1. The molecule has 6 rings (SSSR count). The Morgan fingerprint density at radius 1 is 1.03 bits per heavy atom. The van der Waals surface area contributed by atoms with Crippen LogP contribution in [0.3, 0.4) is 0 Å². The second kappa shape index (κ2) is 8.91. The Morgan fingerprint density at radius 2 is 1.90 bits per heavy atom. The van der Waals surface area contributed by atoms with Crippen molar-refractivity contribution in [3.05, 3.63) is 0 Å². The Hall–Kier alpha value is 0.0900. The third-order valence-electron chi connectivity index (χ3n) is 8.61. The highest BCUT2D eigenvalue weighted by Crippen LogP contribution is 2.43. The number of nitrogens with one attached hydrogen (secondary N) is 1. The summed E-state index contributed by atoms with van der Waals surface area (Å²) in [5.74, 6) is 1.40. The highest BCUT2D eigenvalue weighted by Gasteiger charge is 2.52. The summed E-state index contributed by atoms with van der Waals surface area (Å²) in [4.78, 5) is 2.65. The fraction of sp³-hybridized carbons (Fsp3) is 1.00. The van der Waals surface area contributed by atoms with E-state index in [-0.39, 0.29) is 5.54 Å². The predicted molar refractivity (Wildman–Crippen MR) is 115 cm³/mol. The molecule has 29 heavy (non-hydrogen) atoms. The molecule has 0 aromatic rings. The zero-order valence-electron chi connectivity index (χ0n) is 18.0. The molecule has 2 saturated carbocycles. The first-order valence-corrected chi connectivity index (χ1v) is 12.5. The van der Waals surface area contributed by atoms with E-state index in [0.717, 1.165) is 71.1 Å². The monoisotopic (exact) mass is 426 g/mol. The first-order valence-electron chi connectivity index (χ1n) is 12.1. The Labute approximate surface area is 181 Å². The molecule has 6 heteroatoms. The summed E-state index contributed by atoms with van der Waals surface area (Å²) in [6.45, 7) is 7.56. The molecule has 5 nitrogen and oxygen atoms in total. The highest BCUT2D eigenvalue weighted by atomic mass is 35.5. The summed E-state index contributed by atoms with van der Waals surface area (Å²) in [5, 5.41) is 4.18. The molecular formula is C23H39ClN2O3. The molecule has 6 atom stereocenters. The van der Waals surface area contributed by atoms with Crippen LogP contribution in [0.15, 0.2) is 0 Å². The zero-order valence-corrected chi connectivity index (χ0v) is 18.7. The lowest BCUT2D eigenvalue weighted by atomic mass is 9.71. The lowest BCUT2D eigenvalue weighted by Gasteiger charge is -2.42. The number of morpholine rings is 1. The van der Waals surface area contributed by atoms with Gasteiger partial charge in [0.15, 0.2) is 0 Å². The summed E-state index contributed by atoms with van der Waals surface area (Å²) < 4.78 is 19.1. The number of hydrogen-bond donors (Lipinski definition) is 1. The lowest BCUT2D eigenvalue weighted by molar-refractivity contribution is -0.0509. The third-order valence-corrected chi connectivity index (χ3v) is 9.01. The second-order valence-electron chi connectivity index (χ2n) is 10.3. The molecule has 0 amide bonds. The molecular weight excluding hydrogens is 388 g/mol. The Balaban J connectivity index is 1.35. The molecule has 2 aliphatic carbocycles. The fourth-order valence-corrected chi connectivity index (χ4v) is 7.44. The van der Waals surface area contributed by atoms with E-state index in [1.165, 1.54) is 25.7 Å². The second-order valence-corrected chi connectivity index (χ2v) is 10.9. The molecule has 6 aliphatic rings. The molecule has 1 spiro atoms. The minimum atomic E-state index is 0.0360. The molecule has 0 aromatic heterocycles. The van der Waals surface area contributed by atoms with Gasteiger partial charge in [-0.05, 0) is 70.1 Å². The van der Waals surface area contributed by atoms with E-state index in [1.54, 1.807) is 0 Å². The summed E-state index contributed by atoms with van der Waals surface area (Å²) in [6.07, 6.45) is 10.3. The molecule has 3 unspecified atom stereocenters. The van der Waals surface area contributed by atoms with Crippen LogP contribution in [0.2, 0.25) is 0 Å². The van der Waals surface area contributed by atoms with Crippen molar-refractivity contribution >= 4 is 11.6 Å². The topological polar surface area (TPSA) is 43.0 Å². The molecule has 2 bridgehead atoms. The van der Waals surface area contributed by atoms with Crippen molar-refractivity contribution in [2.45, 2.75) is 93.5 Å². The third kappa shape index (κ3) is 4.25. The number of alkyl halides is 1. The molecule has 4 aliphatic heterocycles. The summed E-state index contributed by atoms with van der Waals surface area (Å²) in [6, 6.07) is 0.895. The fourth-order valence-electron chi connectivity index (χ4n) is 7.11. The van der Waals surface area contributed by atoms with Crippen LogP contribution in [-0.4, -0.2) is 79.6 Å². The van der Waals surface area contributed by atoms with Crippen molar-refractivity contribution in [1.29, 1.82) is 0 Å². The molecule has 4 heterocycles. The normalized spacial score (nSPS) is 49.7. The van der Waals surface area contributed by atoms with Crippen molar-refractivity contribution in [3.63, 3.8) is 0 Å². The van der Waals surface area contributed by atoms with E-state index >= 15 is 0 Å². The highest BCUT2D eigenvalue weighted by molar-refractivity contribution is 6.20. The van der Waals surface area contributed by atoms with E-state index in [2.05, 4.69) is 17.1 Å². The molecule has 166 valence electrons. The van der Waals surface area contributed by atoms with Gasteiger partial charge in [0.1, 0.15) is 0 Å². The van der Waals surface area contributed by atoms with Crippen molar-refractivity contribution in [1.82, 2.24) is 10.2 Å². The van der Waals surface area contributed by atoms with E-state index in [9.17, 15) is 0 Å². The van der Waals surface area contributed by atoms with Crippen LogP contribution in [0.4, 0.5) is 0 Å². The quantitative estimate of drug-likeness (QED) is 0.602. The van der Waals surface area contributed by atoms with Gasteiger partial charge in [0, 0.05) is 24.5 Å². The maximum absolute atomic E-state index is 6.60. The van der Waals surface area contributed by atoms with Crippen LogP contribution in [0.1, 0.15) is 58.3 Å². The van der Waals surface area contributed by atoms with Crippen molar-refractivity contribution in [2.75, 3.05) is 39.5 Å². The van der Waals surface area contributed by atoms with Crippen LogP contribution >= 0.6 is 11.6 Å². The van der Waals surface area contributed by atoms with Gasteiger partial charge in [-0.3, -0.25) is 4.90 Å². The standard InChI is InChI=1S/C23H39ClN2O3/c1-16-13-23(15-27-10-8-25-23)22-14-29-19-5-2-17(3-6-19)20-12-18(24)4-7-21(20)28-11-9-26(16)22/h16-22,25H,2-15H2,1H3/t16-,17?,18?,19?,20?,21?,22-,23+/m1/s1. The number of rotatable bonds is 0. The van der Waals surface area contributed by atoms with Crippen LogP contribution in [0.25, 0.3) is 0 Å². The van der Waals surface area contributed by atoms with Gasteiger partial charge in [-0.2, -0.15) is 0 Å². The molecule has 0 radical (unpaired) electrons. The van der Waals surface area contributed by atoms with Gasteiger partial charge in [0.2, 0.25) is 0 Å². The van der Waals surface area contributed by atoms with E-state index in [0.29, 0.717) is 35.6 Å². The van der Waals surface area contributed by atoms with Gasteiger partial charge in [-0.15, -0.1) is 11.6 Å². The lowest BCUT2D eigenvalue weighted by Crippen LogP contribution is -2.63. The maximum Gasteiger partial charge on any atom is 0.0665 e. The van der Waals surface area contributed by atoms with Crippen LogP contribution < -0.4 is 5.32 Å². The first kappa shape index (κ1) is 21.0. The van der Waals surface area contributed by atoms with E-state index in [1.807, 2.05) is 0 Å². The summed E-state index contributed by atoms with van der Waals surface area (Å²) in [7, 11) is 0. The molecule has 0 aromatic carbocycles. The summed E-state index contributed by atoms with van der Waals surface area (Å²) in [5.41, 5.74) is 0.0360. The molecule has 4 saturated heterocycles. The van der Waals surface area contributed by atoms with E-state index < -0.39 is 0 Å². The Bertz CT molecular complexity index is 550. The summed E-state index contributed by atoms with van der Waals surface area (Å²) >= 11 is 6.59. The molecule has 1 N–H and O–H groups in total. The SMILES string of the molecule is C[C@@H]1C[C@]2(COCCN2)[C@H]2COC3CCC(CC3)C3CC(Cl)CCC3OCCN12. The maximum atomic E-state index is 6.60. The van der Waals surface area contributed by atoms with Gasteiger partial charge >= 0.3 is 0 Å². The molecule has 6 fully saturated rings. The zero-order chi connectivity index (χ0) is 19.8. The number of nitrogens with zero attached hydrogens (tertiary/aromatic N) is 1. The number of hydrogen-bond acceptors (Lipinski definition) is 5. The minimum Gasteiger partial charge on any atom is -0.378 e. The van der Waals surface area contributed by atoms with Gasteiger partial charge in [-0.1, -0.05) is 0 Å². The van der Waals surface area contributed by atoms with Crippen molar-refractivity contribution in [2.24, 2.45) is 11.8 Å². The van der Waals surface area contributed by atoms with E-state index in [4.69, 9.17) is 25.8 Å². The van der Waals surface area contributed by atoms with Crippen LogP contribution in [0.5, 0.6) is 0 Å². The smallest absolute Gasteiger partial charge is 0.0665 e. The number of halogens is 1. The van der Waals surface area contributed by atoms with Gasteiger partial charge < -0.3 is 19.5 Å². The Kier molecular flexibility index (Phi) is 6.44. The average molecular weight is 427 g/mol.